The lowest BCUT2D eigenvalue weighted by Gasteiger charge is -2.47. The first-order chi connectivity index (χ1) is 12.2. The van der Waals surface area contributed by atoms with Crippen molar-refractivity contribution in [1.82, 2.24) is 15.1 Å². The third-order valence-electron chi connectivity index (χ3n) is 4.70. The predicted octanol–water partition coefficient (Wildman–Crippen LogP) is -0.712. The smallest absolute Gasteiger partial charge is 0.353 e. The maximum atomic E-state index is 12.4. The van der Waals surface area contributed by atoms with Gasteiger partial charge in [-0.3, -0.25) is 10.2 Å². The fraction of sp³-hybridized carbons (Fsp3) is 0.688. The molecule has 0 bridgehead atoms. The summed E-state index contributed by atoms with van der Waals surface area (Å²) >= 11 is 1.45. The van der Waals surface area contributed by atoms with Crippen molar-refractivity contribution in [2.24, 2.45) is 17.6 Å². The molecule has 2 aliphatic heterocycles. The van der Waals surface area contributed by atoms with E-state index in [1.54, 1.807) is 6.92 Å². The number of amides is 1. The van der Waals surface area contributed by atoms with Gasteiger partial charge in [0.1, 0.15) is 5.70 Å². The Kier molecular flexibility index (Phi) is 6.53. The van der Waals surface area contributed by atoms with Crippen LogP contribution in [0.4, 0.5) is 0 Å². The van der Waals surface area contributed by atoms with Crippen molar-refractivity contribution in [2.75, 3.05) is 32.9 Å². The summed E-state index contributed by atoms with van der Waals surface area (Å²) in [6, 6.07) is -0.357. The van der Waals surface area contributed by atoms with E-state index in [4.69, 9.17) is 11.1 Å². The number of carbonyl (C=O) groups excluding carboxylic acids is 1. The van der Waals surface area contributed by atoms with E-state index in [9.17, 15) is 19.8 Å². The van der Waals surface area contributed by atoms with Crippen LogP contribution in [-0.2, 0) is 9.59 Å². The summed E-state index contributed by atoms with van der Waals surface area (Å²) in [6.45, 7) is 2.73. The van der Waals surface area contributed by atoms with E-state index in [2.05, 4.69) is 5.32 Å². The van der Waals surface area contributed by atoms with Crippen LogP contribution in [0, 0.1) is 17.2 Å². The van der Waals surface area contributed by atoms with Gasteiger partial charge in [-0.15, -0.1) is 11.8 Å². The van der Waals surface area contributed by atoms with Crippen LogP contribution in [0.15, 0.2) is 10.6 Å². The number of aliphatic hydroxyl groups is 1. The van der Waals surface area contributed by atoms with Gasteiger partial charge in [0.25, 0.3) is 0 Å². The van der Waals surface area contributed by atoms with Crippen molar-refractivity contribution in [3.8, 4) is 0 Å². The molecule has 0 aliphatic carbocycles. The zero-order chi connectivity index (χ0) is 19.6. The molecule has 26 heavy (non-hydrogen) atoms. The number of β-lactam (4-membered cyclic amide) rings is 1. The Labute approximate surface area is 157 Å². The van der Waals surface area contributed by atoms with Gasteiger partial charge in [-0.2, -0.15) is 0 Å². The monoisotopic (exact) mass is 385 g/mol. The Morgan fingerprint density at radius 1 is 1.50 bits per heavy atom. The number of nitrogens with zero attached hydrogens (tertiary/aromatic N) is 2. The number of carboxylic acids is 1. The number of guanidine groups is 1. The van der Waals surface area contributed by atoms with Crippen molar-refractivity contribution in [3.63, 3.8) is 0 Å². The Bertz CT molecular complexity index is 622. The van der Waals surface area contributed by atoms with Crippen LogP contribution in [0.25, 0.3) is 0 Å². The van der Waals surface area contributed by atoms with Crippen molar-refractivity contribution >= 4 is 29.6 Å². The number of carbonyl (C=O) groups is 2. The molecule has 1 saturated heterocycles. The maximum absolute atomic E-state index is 12.4. The SMILES string of the molecule is C[C@@H](O)[C@H]1C(=O)N2C(C(=O)O)=C(SCCN(C)C)[C@H](CCNC(=N)N)[C@H]12. The Morgan fingerprint density at radius 2 is 2.15 bits per heavy atom. The van der Waals surface area contributed by atoms with Crippen LogP contribution in [0.5, 0.6) is 0 Å². The molecule has 10 heteroatoms. The van der Waals surface area contributed by atoms with Crippen molar-refractivity contribution in [1.29, 1.82) is 5.41 Å². The highest BCUT2D eigenvalue weighted by atomic mass is 32.2. The number of thioether (sulfide) groups is 1. The maximum Gasteiger partial charge on any atom is 0.353 e. The second kappa shape index (κ2) is 8.28. The van der Waals surface area contributed by atoms with Gasteiger partial charge in [0.2, 0.25) is 5.91 Å². The highest BCUT2D eigenvalue weighted by Crippen LogP contribution is 2.51. The Hall–Kier alpha value is -1.78. The predicted molar refractivity (Wildman–Crippen MR) is 99.5 cm³/mol. The summed E-state index contributed by atoms with van der Waals surface area (Å²) in [5.41, 5.74) is 5.36. The van der Waals surface area contributed by atoms with Gasteiger partial charge >= 0.3 is 5.97 Å². The highest BCUT2D eigenvalue weighted by molar-refractivity contribution is 8.03. The van der Waals surface area contributed by atoms with Gasteiger partial charge in [-0.1, -0.05) is 0 Å². The first-order valence-corrected chi connectivity index (χ1v) is 9.49. The fourth-order valence-corrected chi connectivity index (χ4v) is 5.02. The van der Waals surface area contributed by atoms with E-state index in [-0.39, 0.29) is 29.5 Å². The number of nitrogens with two attached hydrogens (primary N) is 1. The molecule has 2 rings (SSSR count). The largest absolute Gasteiger partial charge is 0.477 e. The van der Waals surface area contributed by atoms with E-state index in [0.29, 0.717) is 23.6 Å². The summed E-state index contributed by atoms with van der Waals surface area (Å²) < 4.78 is 0. The lowest BCUT2D eigenvalue weighted by molar-refractivity contribution is -0.163. The molecular formula is C16H27N5O4S. The molecule has 2 aliphatic rings. The number of aliphatic hydroxyl groups excluding tert-OH is 1. The molecule has 0 saturated carbocycles. The molecule has 0 unspecified atom stereocenters. The van der Waals surface area contributed by atoms with Crippen LogP contribution < -0.4 is 11.1 Å². The van der Waals surface area contributed by atoms with Gasteiger partial charge < -0.3 is 31.1 Å². The lowest BCUT2D eigenvalue weighted by atomic mass is 9.77. The van der Waals surface area contributed by atoms with Crippen LogP contribution >= 0.6 is 11.8 Å². The van der Waals surface area contributed by atoms with Gasteiger partial charge in [0.05, 0.1) is 18.1 Å². The number of hydrogen-bond acceptors (Lipinski definition) is 6. The first kappa shape index (κ1) is 20.5. The van der Waals surface area contributed by atoms with Gasteiger partial charge in [0, 0.05) is 29.7 Å². The second-order valence-corrected chi connectivity index (χ2v) is 8.01. The number of aliphatic carboxylic acids is 1. The third kappa shape index (κ3) is 3.97. The topological polar surface area (TPSA) is 143 Å². The van der Waals surface area contributed by atoms with E-state index < -0.39 is 18.0 Å². The first-order valence-electron chi connectivity index (χ1n) is 8.50. The average Bonchev–Trinajstić information content (AvgIpc) is 2.77. The molecule has 1 fully saturated rings. The van der Waals surface area contributed by atoms with E-state index in [0.717, 1.165) is 6.54 Å². The minimum Gasteiger partial charge on any atom is -0.477 e. The molecular weight excluding hydrogens is 358 g/mol. The molecule has 2 heterocycles. The Morgan fingerprint density at radius 3 is 2.65 bits per heavy atom. The van der Waals surface area contributed by atoms with Gasteiger partial charge in [0.15, 0.2) is 5.96 Å². The van der Waals surface area contributed by atoms with Crippen LogP contribution in [0.2, 0.25) is 0 Å². The summed E-state index contributed by atoms with van der Waals surface area (Å²) in [5, 5.41) is 29.7. The average molecular weight is 385 g/mol. The zero-order valence-electron chi connectivity index (χ0n) is 15.2. The summed E-state index contributed by atoms with van der Waals surface area (Å²) in [7, 11) is 3.88. The van der Waals surface area contributed by atoms with Gasteiger partial charge in [-0.25, -0.2) is 4.79 Å². The Balaban J connectivity index is 2.28. The number of rotatable bonds is 9. The molecule has 0 aromatic heterocycles. The molecule has 4 atom stereocenters. The van der Waals surface area contributed by atoms with Crippen LogP contribution in [-0.4, -0.2) is 82.9 Å². The van der Waals surface area contributed by atoms with Gasteiger partial charge in [-0.05, 0) is 27.4 Å². The molecule has 6 N–H and O–H groups in total. The number of hydrogen-bond donors (Lipinski definition) is 5. The van der Waals surface area contributed by atoms with Crippen LogP contribution in [0.1, 0.15) is 13.3 Å². The van der Waals surface area contributed by atoms with Crippen molar-refractivity contribution < 1.29 is 19.8 Å². The lowest BCUT2D eigenvalue weighted by Crippen LogP contribution is -2.64. The quantitative estimate of drug-likeness (QED) is 0.199. The minimum absolute atomic E-state index is 0.0356. The molecule has 146 valence electrons. The zero-order valence-corrected chi connectivity index (χ0v) is 16.0. The minimum atomic E-state index is -1.12. The van der Waals surface area contributed by atoms with Crippen LogP contribution in [0.3, 0.4) is 0 Å². The fourth-order valence-electron chi connectivity index (χ4n) is 3.55. The number of fused-ring (bicyclic) bond motifs is 1. The second-order valence-electron chi connectivity index (χ2n) is 6.87. The molecule has 0 radical (unpaired) electrons. The summed E-state index contributed by atoms with van der Waals surface area (Å²) in [5.74, 6) is -1.71. The summed E-state index contributed by atoms with van der Waals surface area (Å²) in [4.78, 5) is 28.3. The van der Waals surface area contributed by atoms with Crippen molar-refractivity contribution in [2.45, 2.75) is 25.5 Å². The molecule has 9 nitrogen and oxygen atoms in total. The summed E-state index contributed by atoms with van der Waals surface area (Å²) in [6.07, 6.45) is -0.314. The normalized spacial score (nSPS) is 26.0. The standard InChI is InChI=1S/C16H27N5O4S/c1-8(22)10-11-9(4-5-19-16(17)18)13(26-7-6-20(2)3)12(15(24)25)21(11)14(10)23/h8-11,22H,4-7H2,1-3H3,(H,24,25)(H4,17,18,19)/t8-,9-,10-,11-/m1/s1. The van der Waals surface area contributed by atoms with E-state index in [1.165, 1.54) is 16.7 Å². The number of carboxylic acid groups (broad SMARTS) is 1. The molecule has 0 spiro atoms. The number of nitrogens with one attached hydrogen (secondary N) is 2. The third-order valence-corrected chi connectivity index (χ3v) is 5.89. The molecule has 1 amide bonds. The highest BCUT2D eigenvalue weighted by Gasteiger charge is 2.60. The molecule has 0 aromatic rings. The van der Waals surface area contributed by atoms with E-state index >= 15 is 0 Å². The molecule has 0 aromatic carbocycles. The van der Waals surface area contributed by atoms with E-state index in [1.807, 2.05) is 19.0 Å². The van der Waals surface area contributed by atoms with Crippen molar-refractivity contribution in [3.05, 3.63) is 10.6 Å².